The zero-order chi connectivity index (χ0) is 21.7. The SMILES string of the molecule is CCC(Cc1ccc(OC)cc1Br)(C(=O)c1ccc(N2CCOCC2)cc1)N(C)C. The van der Waals surface area contributed by atoms with Crippen molar-refractivity contribution in [3.8, 4) is 5.75 Å². The standard InChI is InChI=1S/C24H31BrN2O3/c1-5-24(26(2)3,17-19-8-11-21(29-4)16-22(19)25)23(28)18-6-9-20(10-7-18)27-12-14-30-15-13-27/h6-11,16H,5,12-15,17H2,1-4H3. The number of Topliss-reactive ketones (excluding diaryl/α,β-unsaturated/α-hetero) is 1. The fraction of sp³-hybridized carbons (Fsp3) is 0.458. The highest BCUT2D eigenvalue weighted by atomic mass is 79.9. The van der Waals surface area contributed by atoms with Crippen LogP contribution in [0.2, 0.25) is 0 Å². The van der Waals surface area contributed by atoms with E-state index in [-0.39, 0.29) is 5.78 Å². The van der Waals surface area contributed by atoms with Crippen LogP contribution in [-0.4, -0.2) is 63.7 Å². The van der Waals surface area contributed by atoms with Gasteiger partial charge in [0, 0.05) is 28.8 Å². The first kappa shape index (κ1) is 22.8. The Bertz CT molecular complexity index is 863. The predicted octanol–water partition coefficient (Wildman–Crippen LogP) is 4.43. The third-order valence-electron chi connectivity index (χ3n) is 6.11. The molecule has 2 aromatic rings. The lowest BCUT2D eigenvalue weighted by Gasteiger charge is -2.38. The Morgan fingerprint density at radius 1 is 1.17 bits per heavy atom. The summed E-state index contributed by atoms with van der Waals surface area (Å²) in [6.07, 6.45) is 1.33. The number of carbonyl (C=O) groups excluding carboxylic acids is 1. The van der Waals surface area contributed by atoms with Crippen molar-refractivity contribution in [1.29, 1.82) is 0 Å². The summed E-state index contributed by atoms with van der Waals surface area (Å²) in [5.74, 6) is 0.939. The molecule has 1 fully saturated rings. The predicted molar refractivity (Wildman–Crippen MR) is 125 cm³/mol. The number of benzene rings is 2. The van der Waals surface area contributed by atoms with Crippen molar-refractivity contribution < 1.29 is 14.3 Å². The minimum atomic E-state index is -0.627. The van der Waals surface area contributed by atoms with E-state index < -0.39 is 5.54 Å². The number of nitrogens with zero attached hydrogens (tertiary/aromatic N) is 2. The van der Waals surface area contributed by atoms with E-state index in [0.29, 0.717) is 12.8 Å². The normalized spacial score (nSPS) is 16.4. The first-order valence-corrected chi connectivity index (χ1v) is 11.2. The largest absolute Gasteiger partial charge is 0.497 e. The highest BCUT2D eigenvalue weighted by molar-refractivity contribution is 9.10. The number of rotatable bonds is 8. The molecular formula is C24H31BrN2O3. The molecule has 1 atom stereocenters. The smallest absolute Gasteiger partial charge is 0.183 e. The van der Waals surface area contributed by atoms with Gasteiger partial charge in [0.05, 0.1) is 25.9 Å². The van der Waals surface area contributed by atoms with E-state index in [9.17, 15) is 4.79 Å². The van der Waals surface area contributed by atoms with Gasteiger partial charge in [-0.2, -0.15) is 0 Å². The highest BCUT2D eigenvalue weighted by Gasteiger charge is 2.40. The second kappa shape index (κ2) is 9.94. The quantitative estimate of drug-likeness (QED) is 0.529. The number of halogens is 1. The zero-order valence-corrected chi connectivity index (χ0v) is 19.9. The molecule has 0 amide bonds. The molecule has 0 aromatic heterocycles. The topological polar surface area (TPSA) is 42.0 Å². The van der Waals surface area contributed by atoms with Crippen LogP contribution in [0.1, 0.15) is 29.3 Å². The third kappa shape index (κ3) is 4.71. The fourth-order valence-electron chi connectivity index (χ4n) is 4.07. The molecule has 0 aliphatic carbocycles. The van der Waals surface area contributed by atoms with Crippen molar-refractivity contribution in [2.75, 3.05) is 52.4 Å². The maximum absolute atomic E-state index is 13.8. The number of ketones is 1. The van der Waals surface area contributed by atoms with Gasteiger partial charge in [0.1, 0.15) is 5.75 Å². The minimum Gasteiger partial charge on any atom is -0.497 e. The first-order chi connectivity index (χ1) is 14.4. The Morgan fingerprint density at radius 2 is 1.83 bits per heavy atom. The van der Waals surface area contributed by atoms with Gasteiger partial charge in [0.25, 0.3) is 0 Å². The molecule has 0 bridgehead atoms. The number of hydrogen-bond donors (Lipinski definition) is 0. The first-order valence-electron chi connectivity index (χ1n) is 10.4. The van der Waals surface area contributed by atoms with Gasteiger partial charge in [-0.25, -0.2) is 0 Å². The number of carbonyl (C=O) groups is 1. The monoisotopic (exact) mass is 474 g/mol. The maximum atomic E-state index is 13.8. The van der Waals surface area contributed by atoms with Crippen LogP contribution in [0.5, 0.6) is 5.75 Å². The fourth-order valence-corrected chi connectivity index (χ4v) is 4.57. The Hall–Kier alpha value is -1.89. The molecule has 1 saturated heterocycles. The van der Waals surface area contributed by atoms with Gasteiger partial charge in [0.15, 0.2) is 5.78 Å². The summed E-state index contributed by atoms with van der Waals surface area (Å²) < 4.78 is 11.7. The van der Waals surface area contributed by atoms with Crippen LogP contribution in [0.25, 0.3) is 0 Å². The molecule has 0 spiro atoms. The number of anilines is 1. The van der Waals surface area contributed by atoms with Crippen molar-refractivity contribution in [3.05, 3.63) is 58.1 Å². The Morgan fingerprint density at radius 3 is 2.37 bits per heavy atom. The van der Waals surface area contributed by atoms with Crippen molar-refractivity contribution in [1.82, 2.24) is 4.90 Å². The number of likely N-dealkylation sites (N-methyl/N-ethyl adjacent to an activating group) is 1. The van der Waals surface area contributed by atoms with Gasteiger partial charge in [0.2, 0.25) is 0 Å². The molecule has 3 rings (SSSR count). The second-order valence-electron chi connectivity index (χ2n) is 7.89. The van der Waals surface area contributed by atoms with Gasteiger partial charge in [-0.3, -0.25) is 9.69 Å². The molecule has 2 aromatic carbocycles. The Labute approximate surface area is 188 Å². The third-order valence-corrected chi connectivity index (χ3v) is 6.85. The lowest BCUT2D eigenvalue weighted by Crippen LogP contribution is -2.52. The van der Waals surface area contributed by atoms with E-state index in [1.54, 1.807) is 7.11 Å². The van der Waals surface area contributed by atoms with Crippen molar-refractivity contribution in [2.45, 2.75) is 25.3 Å². The van der Waals surface area contributed by atoms with Gasteiger partial charge >= 0.3 is 0 Å². The van der Waals surface area contributed by atoms with Gasteiger partial charge in [-0.15, -0.1) is 0 Å². The Kier molecular flexibility index (Phi) is 7.55. The van der Waals surface area contributed by atoms with Crippen molar-refractivity contribution >= 4 is 27.4 Å². The van der Waals surface area contributed by atoms with Crippen LogP contribution in [0.3, 0.4) is 0 Å². The highest BCUT2D eigenvalue weighted by Crippen LogP contribution is 2.32. The molecular weight excluding hydrogens is 444 g/mol. The van der Waals surface area contributed by atoms with E-state index in [2.05, 4.69) is 44.8 Å². The number of methoxy groups -OCH3 is 1. The molecule has 30 heavy (non-hydrogen) atoms. The van der Waals surface area contributed by atoms with E-state index in [4.69, 9.17) is 9.47 Å². The van der Waals surface area contributed by atoms with E-state index >= 15 is 0 Å². The lowest BCUT2D eigenvalue weighted by atomic mass is 9.80. The van der Waals surface area contributed by atoms with E-state index in [1.807, 2.05) is 44.4 Å². The number of morpholine rings is 1. The van der Waals surface area contributed by atoms with Crippen LogP contribution in [0.4, 0.5) is 5.69 Å². The second-order valence-corrected chi connectivity index (χ2v) is 8.74. The summed E-state index contributed by atoms with van der Waals surface area (Å²) in [4.78, 5) is 18.1. The van der Waals surface area contributed by atoms with Gasteiger partial charge < -0.3 is 14.4 Å². The molecule has 1 aliphatic heterocycles. The van der Waals surface area contributed by atoms with Gasteiger partial charge in [-0.1, -0.05) is 28.9 Å². The zero-order valence-electron chi connectivity index (χ0n) is 18.3. The maximum Gasteiger partial charge on any atom is 0.183 e. The van der Waals surface area contributed by atoms with Crippen LogP contribution >= 0.6 is 15.9 Å². The molecule has 0 N–H and O–H groups in total. The molecule has 1 unspecified atom stereocenters. The summed E-state index contributed by atoms with van der Waals surface area (Å²) in [5.41, 5.74) is 2.34. The lowest BCUT2D eigenvalue weighted by molar-refractivity contribution is 0.0666. The van der Waals surface area contributed by atoms with Crippen LogP contribution in [-0.2, 0) is 11.2 Å². The molecule has 0 radical (unpaired) electrons. The number of hydrogen-bond acceptors (Lipinski definition) is 5. The average Bonchev–Trinajstić information content (AvgIpc) is 2.78. The Balaban J connectivity index is 1.88. The molecule has 1 heterocycles. The molecule has 1 aliphatic rings. The van der Waals surface area contributed by atoms with Crippen LogP contribution < -0.4 is 9.64 Å². The molecule has 6 heteroatoms. The summed E-state index contributed by atoms with van der Waals surface area (Å²) in [7, 11) is 5.63. The summed E-state index contributed by atoms with van der Waals surface area (Å²) in [6.45, 7) is 5.34. The van der Waals surface area contributed by atoms with Crippen LogP contribution in [0.15, 0.2) is 46.9 Å². The molecule has 162 valence electrons. The minimum absolute atomic E-state index is 0.145. The van der Waals surface area contributed by atoms with E-state index in [0.717, 1.165) is 53.3 Å². The van der Waals surface area contributed by atoms with Crippen molar-refractivity contribution in [3.63, 3.8) is 0 Å². The van der Waals surface area contributed by atoms with Gasteiger partial charge in [-0.05, 0) is 68.9 Å². The summed E-state index contributed by atoms with van der Waals surface area (Å²) >= 11 is 3.65. The molecule has 5 nitrogen and oxygen atoms in total. The summed E-state index contributed by atoms with van der Waals surface area (Å²) in [6, 6.07) is 14.0. The van der Waals surface area contributed by atoms with E-state index in [1.165, 1.54) is 0 Å². The summed E-state index contributed by atoms with van der Waals surface area (Å²) in [5, 5.41) is 0. The average molecular weight is 475 g/mol. The van der Waals surface area contributed by atoms with Crippen LogP contribution in [0, 0.1) is 0 Å². The number of ether oxygens (including phenoxy) is 2. The molecule has 0 saturated carbocycles. The van der Waals surface area contributed by atoms with Crippen molar-refractivity contribution in [2.24, 2.45) is 0 Å².